The lowest BCUT2D eigenvalue weighted by Gasteiger charge is -2.07. The SMILES string of the molecule is O=C(O)CC1COC(=O)/C1=C(/Cl)c1ccccc1. The zero-order valence-corrected chi connectivity index (χ0v) is 10.2. The molecule has 0 aromatic heterocycles. The molecule has 2 rings (SSSR count). The Labute approximate surface area is 109 Å². The summed E-state index contributed by atoms with van der Waals surface area (Å²) in [6.07, 6.45) is -0.163. The molecule has 5 heteroatoms. The third kappa shape index (κ3) is 2.54. The van der Waals surface area contributed by atoms with Crippen molar-refractivity contribution in [2.45, 2.75) is 6.42 Å². The van der Waals surface area contributed by atoms with Gasteiger partial charge in [-0.2, -0.15) is 0 Å². The number of benzene rings is 1. The van der Waals surface area contributed by atoms with Crippen molar-refractivity contribution >= 4 is 28.6 Å². The number of hydrogen-bond acceptors (Lipinski definition) is 3. The third-order valence-electron chi connectivity index (χ3n) is 2.73. The number of esters is 1. The first-order valence-electron chi connectivity index (χ1n) is 5.43. The number of ether oxygens (including phenoxy) is 1. The van der Waals surface area contributed by atoms with Crippen molar-refractivity contribution in [3.63, 3.8) is 0 Å². The van der Waals surface area contributed by atoms with Crippen LogP contribution in [0.1, 0.15) is 12.0 Å². The quantitative estimate of drug-likeness (QED) is 0.673. The van der Waals surface area contributed by atoms with Crippen molar-refractivity contribution < 1.29 is 19.4 Å². The summed E-state index contributed by atoms with van der Waals surface area (Å²) in [4.78, 5) is 22.4. The molecule has 1 heterocycles. The van der Waals surface area contributed by atoms with Gasteiger partial charge in [0.15, 0.2) is 0 Å². The van der Waals surface area contributed by atoms with Gasteiger partial charge in [0.1, 0.15) is 0 Å². The van der Waals surface area contributed by atoms with E-state index in [2.05, 4.69) is 0 Å². The minimum absolute atomic E-state index is 0.0729. The zero-order valence-electron chi connectivity index (χ0n) is 9.43. The summed E-state index contributed by atoms with van der Waals surface area (Å²) in [6, 6.07) is 8.95. The highest BCUT2D eigenvalue weighted by Gasteiger charge is 2.34. The molecule has 0 aliphatic carbocycles. The van der Waals surface area contributed by atoms with Crippen LogP contribution in [0.3, 0.4) is 0 Å². The summed E-state index contributed by atoms with van der Waals surface area (Å²) >= 11 is 6.17. The molecular weight excluding hydrogens is 256 g/mol. The summed E-state index contributed by atoms with van der Waals surface area (Å²) in [6.45, 7) is 0.0729. The van der Waals surface area contributed by atoms with E-state index in [0.717, 1.165) is 0 Å². The Morgan fingerprint density at radius 1 is 1.39 bits per heavy atom. The number of hydrogen-bond donors (Lipinski definition) is 1. The largest absolute Gasteiger partial charge is 0.481 e. The van der Waals surface area contributed by atoms with Crippen molar-refractivity contribution in [1.29, 1.82) is 0 Å². The van der Waals surface area contributed by atoms with E-state index in [1.807, 2.05) is 6.07 Å². The highest BCUT2D eigenvalue weighted by Crippen LogP contribution is 2.34. The standard InChI is InChI=1S/C13H11ClO4/c14-12(8-4-2-1-3-5-8)11-9(6-10(15)16)7-18-13(11)17/h1-5,9H,6-7H2,(H,15,16)/b12-11+. The number of carboxylic acids is 1. The minimum Gasteiger partial charge on any atom is -0.481 e. The molecule has 0 saturated carbocycles. The van der Waals surface area contributed by atoms with Crippen LogP contribution < -0.4 is 0 Å². The van der Waals surface area contributed by atoms with Gasteiger partial charge in [0, 0.05) is 5.92 Å². The Morgan fingerprint density at radius 3 is 2.67 bits per heavy atom. The van der Waals surface area contributed by atoms with E-state index in [1.165, 1.54) is 0 Å². The molecule has 0 radical (unpaired) electrons. The van der Waals surface area contributed by atoms with Gasteiger partial charge < -0.3 is 9.84 Å². The predicted octanol–water partition coefficient (Wildman–Crippen LogP) is 2.28. The van der Waals surface area contributed by atoms with E-state index in [9.17, 15) is 9.59 Å². The minimum atomic E-state index is -0.978. The summed E-state index contributed by atoms with van der Waals surface area (Å²) < 4.78 is 4.88. The Bertz CT molecular complexity index is 507. The molecule has 1 aromatic rings. The number of cyclic esters (lactones) is 1. The second kappa shape index (κ2) is 5.23. The van der Waals surface area contributed by atoms with Crippen LogP contribution in [0, 0.1) is 5.92 Å². The maximum Gasteiger partial charge on any atom is 0.335 e. The second-order valence-electron chi connectivity index (χ2n) is 3.99. The van der Waals surface area contributed by atoms with Gasteiger partial charge in [-0.15, -0.1) is 0 Å². The normalized spacial score (nSPS) is 21.6. The first-order valence-corrected chi connectivity index (χ1v) is 5.81. The highest BCUT2D eigenvalue weighted by molar-refractivity contribution is 6.51. The van der Waals surface area contributed by atoms with E-state index in [1.54, 1.807) is 24.3 Å². The second-order valence-corrected chi connectivity index (χ2v) is 4.36. The average Bonchev–Trinajstić information content (AvgIpc) is 2.70. The third-order valence-corrected chi connectivity index (χ3v) is 3.15. The van der Waals surface area contributed by atoms with Crippen LogP contribution in [0.25, 0.3) is 5.03 Å². The lowest BCUT2D eigenvalue weighted by Crippen LogP contribution is -2.11. The number of carboxylic acid groups (broad SMARTS) is 1. The van der Waals surface area contributed by atoms with Crippen molar-refractivity contribution in [2.24, 2.45) is 5.92 Å². The van der Waals surface area contributed by atoms with Gasteiger partial charge in [-0.05, 0) is 5.56 Å². The molecule has 1 aliphatic heterocycles. The van der Waals surface area contributed by atoms with Crippen LogP contribution in [-0.2, 0) is 14.3 Å². The van der Waals surface area contributed by atoms with Gasteiger partial charge >= 0.3 is 11.9 Å². The monoisotopic (exact) mass is 266 g/mol. The van der Waals surface area contributed by atoms with Gasteiger partial charge in [-0.1, -0.05) is 41.9 Å². The van der Waals surface area contributed by atoms with Crippen molar-refractivity contribution in [3.05, 3.63) is 41.5 Å². The molecule has 4 nitrogen and oxygen atoms in total. The zero-order chi connectivity index (χ0) is 13.1. The van der Waals surface area contributed by atoms with Crippen molar-refractivity contribution in [3.8, 4) is 0 Å². The molecule has 1 fully saturated rings. The van der Waals surface area contributed by atoms with Crippen LogP contribution >= 0.6 is 11.6 Å². The van der Waals surface area contributed by atoms with E-state index in [4.69, 9.17) is 21.4 Å². The van der Waals surface area contributed by atoms with Gasteiger partial charge in [0.05, 0.1) is 23.6 Å². The molecular formula is C13H11ClO4. The van der Waals surface area contributed by atoms with Crippen LogP contribution in [0.4, 0.5) is 0 Å². The molecule has 1 unspecified atom stereocenters. The maximum atomic E-state index is 11.6. The fraction of sp³-hybridized carbons (Fsp3) is 0.231. The smallest absolute Gasteiger partial charge is 0.335 e. The molecule has 1 N–H and O–H groups in total. The van der Waals surface area contributed by atoms with Crippen LogP contribution in [-0.4, -0.2) is 23.7 Å². The fourth-order valence-electron chi connectivity index (χ4n) is 1.88. The molecule has 0 spiro atoms. The van der Waals surface area contributed by atoms with Gasteiger partial charge in [-0.3, -0.25) is 4.79 Å². The van der Waals surface area contributed by atoms with E-state index >= 15 is 0 Å². The summed E-state index contributed by atoms with van der Waals surface area (Å²) in [7, 11) is 0. The predicted molar refractivity (Wildman–Crippen MR) is 65.9 cm³/mol. The molecule has 94 valence electrons. The number of rotatable bonds is 3. The summed E-state index contributed by atoms with van der Waals surface area (Å²) in [5, 5.41) is 9.07. The Balaban J connectivity index is 2.38. The van der Waals surface area contributed by atoms with Crippen molar-refractivity contribution in [2.75, 3.05) is 6.61 Å². The molecule has 1 aliphatic rings. The summed E-state index contributed by atoms with van der Waals surface area (Å²) in [5.41, 5.74) is 0.939. The molecule has 0 amide bonds. The molecule has 1 atom stereocenters. The number of aliphatic carboxylic acids is 1. The maximum absolute atomic E-state index is 11.6. The van der Waals surface area contributed by atoms with Crippen LogP contribution in [0.2, 0.25) is 0 Å². The van der Waals surface area contributed by atoms with Crippen LogP contribution in [0.15, 0.2) is 35.9 Å². The summed E-state index contributed by atoms with van der Waals surface area (Å²) in [5.74, 6) is -1.99. The van der Waals surface area contributed by atoms with Gasteiger partial charge in [0.25, 0.3) is 0 Å². The first kappa shape index (κ1) is 12.6. The van der Waals surface area contributed by atoms with E-state index in [0.29, 0.717) is 5.56 Å². The van der Waals surface area contributed by atoms with Crippen LogP contribution in [0.5, 0.6) is 0 Å². The van der Waals surface area contributed by atoms with Gasteiger partial charge in [0.2, 0.25) is 0 Å². The van der Waals surface area contributed by atoms with E-state index < -0.39 is 17.9 Å². The lowest BCUT2D eigenvalue weighted by atomic mass is 9.96. The first-order chi connectivity index (χ1) is 8.59. The average molecular weight is 267 g/mol. The van der Waals surface area contributed by atoms with Crippen molar-refractivity contribution in [1.82, 2.24) is 0 Å². The number of carbonyl (C=O) groups excluding carboxylic acids is 1. The highest BCUT2D eigenvalue weighted by atomic mass is 35.5. The Kier molecular flexibility index (Phi) is 3.67. The molecule has 1 saturated heterocycles. The van der Waals surface area contributed by atoms with E-state index in [-0.39, 0.29) is 23.6 Å². The topological polar surface area (TPSA) is 63.6 Å². The Morgan fingerprint density at radius 2 is 2.06 bits per heavy atom. The molecule has 1 aromatic carbocycles. The fourth-order valence-corrected chi connectivity index (χ4v) is 2.24. The number of carbonyl (C=O) groups is 2. The van der Waals surface area contributed by atoms with Gasteiger partial charge in [-0.25, -0.2) is 4.79 Å². The molecule has 18 heavy (non-hydrogen) atoms. The Hall–Kier alpha value is -1.81. The molecule has 0 bridgehead atoms. The number of halogens is 1. The lowest BCUT2D eigenvalue weighted by molar-refractivity contribution is -0.138.